The zero-order valence-corrected chi connectivity index (χ0v) is 6.06. The molecule has 0 radical (unpaired) electrons. The number of hydrogen-bond acceptors (Lipinski definition) is 4. The first kappa shape index (κ1) is 11.1. The van der Waals surface area contributed by atoms with Crippen molar-refractivity contribution < 1.29 is 35.0 Å². The molecule has 0 saturated heterocycles. The topological polar surface area (TPSA) is 60.4 Å². The summed E-state index contributed by atoms with van der Waals surface area (Å²) in [6.07, 6.45) is -9.37. The summed E-state index contributed by atoms with van der Waals surface area (Å²) in [7, 11) is -3.81. The second kappa shape index (κ2) is 3.70. The minimum absolute atomic E-state index is 2.49. The van der Waals surface area contributed by atoms with Crippen molar-refractivity contribution in [3.05, 3.63) is 0 Å². The van der Waals surface area contributed by atoms with Gasteiger partial charge in [0.05, 0.1) is 0 Å². The van der Waals surface area contributed by atoms with Gasteiger partial charge in [0.15, 0.2) is 0 Å². The number of thiol groups is 1. The maximum absolute atomic E-state index is 11.8. The molecule has 0 aliphatic heterocycles. The van der Waals surface area contributed by atoms with E-state index < -0.39 is 29.3 Å². The Bertz CT molecular complexity index is 235. The van der Waals surface area contributed by atoms with Crippen LogP contribution in [0.2, 0.25) is 0 Å². The van der Waals surface area contributed by atoms with Gasteiger partial charge in [-0.2, -0.15) is 21.6 Å². The summed E-state index contributed by atoms with van der Waals surface area (Å²) in [4.78, 5) is 9.90. The molecule has 1 atom stereocenters. The molecule has 0 fully saturated rings. The zero-order valence-electron chi connectivity index (χ0n) is 5.17. The van der Waals surface area contributed by atoms with Gasteiger partial charge in [-0.3, -0.25) is 0 Å². The highest BCUT2D eigenvalue weighted by molar-refractivity contribution is 7.67. The molecule has 0 aromatic rings. The first-order valence-corrected chi connectivity index (χ1v) is 3.41. The lowest BCUT2D eigenvalue weighted by Crippen LogP contribution is -2.33. The van der Waals surface area contributed by atoms with Crippen molar-refractivity contribution in [3.8, 4) is 0 Å². The van der Waals surface area contributed by atoms with Gasteiger partial charge in [0.2, 0.25) is 0 Å². The SMILES string of the molecule is O=C(O[SH](=O)=O)C(F)C(F)(F)F. The van der Waals surface area contributed by atoms with Crippen molar-refractivity contribution in [3.63, 3.8) is 0 Å². The molecule has 0 aliphatic carbocycles. The molecule has 9 heteroatoms. The Morgan fingerprint density at radius 1 is 1.33 bits per heavy atom. The first-order chi connectivity index (χ1) is 5.25. The van der Waals surface area contributed by atoms with Gasteiger partial charge < -0.3 is 4.18 Å². The molecule has 0 aromatic heterocycles. The largest absolute Gasteiger partial charge is 0.430 e. The Hall–Kier alpha value is -0.860. The van der Waals surface area contributed by atoms with Crippen LogP contribution >= 0.6 is 0 Å². The summed E-state index contributed by atoms with van der Waals surface area (Å²) in [6, 6.07) is 0. The van der Waals surface area contributed by atoms with Crippen LogP contribution in [0.4, 0.5) is 17.6 Å². The molecule has 0 bridgehead atoms. The van der Waals surface area contributed by atoms with Crippen LogP contribution in [0.25, 0.3) is 0 Å². The zero-order chi connectivity index (χ0) is 9.94. The van der Waals surface area contributed by atoms with E-state index in [0.717, 1.165) is 0 Å². The lowest BCUT2D eigenvalue weighted by molar-refractivity contribution is -0.194. The van der Waals surface area contributed by atoms with E-state index >= 15 is 0 Å². The quantitative estimate of drug-likeness (QED) is 0.513. The van der Waals surface area contributed by atoms with Crippen molar-refractivity contribution in [1.29, 1.82) is 0 Å². The molecule has 0 spiro atoms. The summed E-state index contributed by atoms with van der Waals surface area (Å²) in [5, 5.41) is 0. The molecule has 0 aromatic carbocycles. The highest BCUT2D eigenvalue weighted by Gasteiger charge is 2.47. The van der Waals surface area contributed by atoms with Crippen LogP contribution in [0.3, 0.4) is 0 Å². The number of carbonyl (C=O) groups is 1. The van der Waals surface area contributed by atoms with E-state index in [4.69, 9.17) is 0 Å². The van der Waals surface area contributed by atoms with Crippen molar-refractivity contribution in [1.82, 2.24) is 0 Å². The Morgan fingerprint density at radius 3 is 2.00 bits per heavy atom. The number of rotatable bonds is 2. The predicted molar refractivity (Wildman–Crippen MR) is 27.4 cm³/mol. The number of hydrogen-bond donors (Lipinski definition) is 1. The van der Waals surface area contributed by atoms with Crippen molar-refractivity contribution in [2.24, 2.45) is 0 Å². The van der Waals surface area contributed by atoms with E-state index in [0.29, 0.717) is 0 Å². The van der Waals surface area contributed by atoms with Gasteiger partial charge in [0.1, 0.15) is 0 Å². The van der Waals surface area contributed by atoms with Gasteiger partial charge >= 0.3 is 23.1 Å². The fraction of sp³-hybridized carbons (Fsp3) is 0.667. The van der Waals surface area contributed by atoms with E-state index in [-0.39, 0.29) is 0 Å². The normalized spacial score (nSPS) is 14.4. The minimum atomic E-state index is -5.44. The minimum Gasteiger partial charge on any atom is -0.344 e. The summed E-state index contributed by atoms with van der Waals surface area (Å²) in [5.74, 6) is -2.49. The second-order valence-electron chi connectivity index (χ2n) is 1.54. The van der Waals surface area contributed by atoms with E-state index in [2.05, 4.69) is 4.18 Å². The number of alkyl halides is 4. The third kappa shape index (κ3) is 3.51. The van der Waals surface area contributed by atoms with E-state index in [9.17, 15) is 30.8 Å². The van der Waals surface area contributed by atoms with E-state index in [1.54, 1.807) is 0 Å². The van der Waals surface area contributed by atoms with Crippen LogP contribution < -0.4 is 0 Å². The molecule has 0 heterocycles. The molecule has 0 saturated carbocycles. The molecule has 0 aliphatic rings. The van der Waals surface area contributed by atoms with Crippen LogP contribution in [-0.2, 0) is 20.0 Å². The summed E-state index contributed by atoms with van der Waals surface area (Å²) < 4.78 is 67.6. The maximum Gasteiger partial charge on any atom is 0.430 e. The third-order valence-electron chi connectivity index (χ3n) is 0.659. The molecule has 4 nitrogen and oxygen atoms in total. The molecule has 0 rings (SSSR count). The van der Waals surface area contributed by atoms with Crippen LogP contribution in [0.5, 0.6) is 0 Å². The van der Waals surface area contributed by atoms with Crippen LogP contribution in [0.15, 0.2) is 0 Å². The molecule has 0 N–H and O–H groups in total. The Balaban J connectivity index is 4.30. The van der Waals surface area contributed by atoms with Crippen LogP contribution in [0, 0.1) is 0 Å². The van der Waals surface area contributed by atoms with Crippen LogP contribution in [-0.4, -0.2) is 26.7 Å². The fourth-order valence-electron chi connectivity index (χ4n) is 0.253. The molecular formula is C3H2F4O4S. The summed E-state index contributed by atoms with van der Waals surface area (Å²) >= 11 is 0. The fourth-order valence-corrected chi connectivity index (χ4v) is 0.493. The van der Waals surface area contributed by atoms with Crippen molar-refractivity contribution in [2.75, 3.05) is 0 Å². The van der Waals surface area contributed by atoms with Gasteiger partial charge in [-0.15, -0.1) is 0 Å². The first-order valence-electron chi connectivity index (χ1n) is 2.32. The highest BCUT2D eigenvalue weighted by atomic mass is 32.2. The van der Waals surface area contributed by atoms with E-state index in [1.165, 1.54) is 0 Å². The lowest BCUT2D eigenvalue weighted by atomic mass is 10.4. The number of carbonyl (C=O) groups excluding carboxylic acids is 1. The van der Waals surface area contributed by atoms with Gasteiger partial charge in [-0.05, 0) is 0 Å². The van der Waals surface area contributed by atoms with Crippen molar-refractivity contribution >= 4 is 17.0 Å². The highest BCUT2D eigenvalue weighted by Crippen LogP contribution is 2.23. The Morgan fingerprint density at radius 2 is 1.75 bits per heavy atom. The second-order valence-corrected chi connectivity index (χ2v) is 2.17. The molecular weight excluding hydrogens is 208 g/mol. The monoisotopic (exact) mass is 210 g/mol. The Labute approximate surface area is 65.3 Å². The van der Waals surface area contributed by atoms with Crippen LogP contribution in [0.1, 0.15) is 0 Å². The lowest BCUT2D eigenvalue weighted by Gasteiger charge is -2.07. The molecule has 72 valence electrons. The maximum atomic E-state index is 11.8. The molecule has 12 heavy (non-hydrogen) atoms. The van der Waals surface area contributed by atoms with Gasteiger partial charge in [-0.1, -0.05) is 0 Å². The van der Waals surface area contributed by atoms with Gasteiger partial charge in [0.25, 0.3) is 6.17 Å². The average Bonchev–Trinajstić information content (AvgIpc) is 1.82. The van der Waals surface area contributed by atoms with Crippen molar-refractivity contribution in [2.45, 2.75) is 12.3 Å². The van der Waals surface area contributed by atoms with Gasteiger partial charge in [-0.25, -0.2) is 9.18 Å². The smallest absolute Gasteiger partial charge is 0.344 e. The summed E-state index contributed by atoms with van der Waals surface area (Å²) in [5.41, 5.74) is 0. The molecule has 1 unspecified atom stereocenters. The summed E-state index contributed by atoms with van der Waals surface area (Å²) in [6.45, 7) is 0. The Kier molecular flexibility index (Phi) is 3.43. The van der Waals surface area contributed by atoms with E-state index in [1.807, 2.05) is 0 Å². The molecule has 0 amide bonds. The third-order valence-corrected chi connectivity index (χ3v) is 0.988. The number of halogens is 4. The standard InChI is InChI=1S/C3H2F4O4S/c4-1(3(5,6)7)2(8)11-12(9)10/h1,12H. The van der Waals surface area contributed by atoms with Gasteiger partial charge in [0, 0.05) is 0 Å². The predicted octanol–water partition coefficient (Wildman–Crippen LogP) is -0.0436. The average molecular weight is 210 g/mol.